The van der Waals surface area contributed by atoms with Gasteiger partial charge in [0, 0.05) is 31.9 Å². The molecule has 25 heavy (non-hydrogen) atoms. The summed E-state index contributed by atoms with van der Waals surface area (Å²) in [6, 6.07) is 19.8. The minimum Gasteiger partial charge on any atom is -0.369 e. The molecule has 0 bridgehead atoms. The molecule has 0 N–H and O–H groups in total. The summed E-state index contributed by atoms with van der Waals surface area (Å²) in [5.74, 6) is 0. The zero-order valence-corrected chi connectivity index (χ0v) is 13.9. The number of rotatable bonds is 4. The molecule has 0 spiro atoms. The van der Waals surface area contributed by atoms with Crippen LogP contribution in [0.1, 0.15) is 0 Å². The molecule has 0 atom stereocenters. The SMILES string of the molecule is O=c1n(CN2CCN(c3ccccc3)CC2)nnn1-c1ccccc1. The lowest BCUT2D eigenvalue weighted by Gasteiger charge is -2.35. The van der Waals surface area contributed by atoms with Gasteiger partial charge in [-0.3, -0.25) is 4.90 Å². The maximum absolute atomic E-state index is 12.5. The molecular formula is C18H20N6O. The highest BCUT2D eigenvalue weighted by Gasteiger charge is 2.19. The Bertz CT molecular complexity index is 865. The van der Waals surface area contributed by atoms with E-state index in [0.717, 1.165) is 31.9 Å². The normalized spacial score (nSPS) is 15.4. The van der Waals surface area contributed by atoms with Gasteiger partial charge in [0.05, 0.1) is 5.69 Å². The summed E-state index contributed by atoms with van der Waals surface area (Å²) in [5.41, 5.74) is 1.76. The fourth-order valence-electron chi connectivity index (χ4n) is 3.07. The van der Waals surface area contributed by atoms with Crippen molar-refractivity contribution in [3.8, 4) is 5.69 Å². The second kappa shape index (κ2) is 6.90. The van der Waals surface area contributed by atoms with Crippen molar-refractivity contribution in [2.24, 2.45) is 0 Å². The van der Waals surface area contributed by atoms with Crippen molar-refractivity contribution >= 4 is 5.69 Å². The highest BCUT2D eigenvalue weighted by atomic mass is 16.2. The van der Waals surface area contributed by atoms with Crippen molar-refractivity contribution < 1.29 is 0 Å². The number of aromatic nitrogens is 4. The standard InChI is InChI=1S/C18H20N6O/c25-18-23(19-20-24(18)17-9-5-2-6-10-17)15-21-11-13-22(14-12-21)16-7-3-1-4-8-16/h1-10H,11-15H2. The largest absolute Gasteiger partial charge is 0.369 e. The molecule has 4 rings (SSSR count). The molecule has 1 aromatic heterocycles. The molecule has 2 heterocycles. The number of piperazine rings is 1. The predicted octanol–water partition coefficient (Wildman–Crippen LogP) is 1.21. The van der Waals surface area contributed by atoms with E-state index in [0.29, 0.717) is 6.67 Å². The lowest BCUT2D eigenvalue weighted by Crippen LogP contribution is -2.48. The summed E-state index contributed by atoms with van der Waals surface area (Å²) in [7, 11) is 0. The van der Waals surface area contributed by atoms with Crippen molar-refractivity contribution in [2.75, 3.05) is 31.1 Å². The average molecular weight is 336 g/mol. The molecule has 0 unspecified atom stereocenters. The minimum absolute atomic E-state index is 0.211. The van der Waals surface area contributed by atoms with Crippen molar-refractivity contribution in [1.29, 1.82) is 0 Å². The van der Waals surface area contributed by atoms with Crippen LogP contribution in [-0.2, 0) is 6.67 Å². The van der Waals surface area contributed by atoms with Crippen LogP contribution in [-0.4, -0.2) is 50.9 Å². The van der Waals surface area contributed by atoms with Crippen LogP contribution >= 0.6 is 0 Å². The first-order valence-electron chi connectivity index (χ1n) is 8.42. The van der Waals surface area contributed by atoms with Gasteiger partial charge in [-0.05, 0) is 34.7 Å². The molecule has 1 aliphatic rings. The summed E-state index contributed by atoms with van der Waals surface area (Å²) in [5, 5.41) is 8.02. The maximum atomic E-state index is 12.5. The number of hydrogen-bond acceptors (Lipinski definition) is 5. The van der Waals surface area contributed by atoms with Crippen LogP contribution in [0.15, 0.2) is 65.5 Å². The van der Waals surface area contributed by atoms with E-state index in [2.05, 4.69) is 44.5 Å². The third-order valence-corrected chi connectivity index (χ3v) is 4.47. The van der Waals surface area contributed by atoms with Crippen molar-refractivity contribution in [3.05, 3.63) is 71.1 Å². The van der Waals surface area contributed by atoms with Gasteiger partial charge < -0.3 is 4.90 Å². The van der Waals surface area contributed by atoms with Gasteiger partial charge in [-0.15, -0.1) is 0 Å². The van der Waals surface area contributed by atoms with Gasteiger partial charge in [-0.1, -0.05) is 36.4 Å². The Morgan fingerprint density at radius 2 is 1.36 bits per heavy atom. The first kappa shape index (κ1) is 15.6. The Hall–Kier alpha value is -2.93. The summed E-state index contributed by atoms with van der Waals surface area (Å²) >= 11 is 0. The van der Waals surface area contributed by atoms with E-state index in [4.69, 9.17) is 0 Å². The molecule has 1 aliphatic heterocycles. The van der Waals surface area contributed by atoms with Gasteiger partial charge in [0.1, 0.15) is 6.67 Å². The Morgan fingerprint density at radius 3 is 2.00 bits per heavy atom. The molecule has 2 aromatic carbocycles. The first-order chi connectivity index (χ1) is 12.3. The van der Waals surface area contributed by atoms with Crippen molar-refractivity contribution in [1.82, 2.24) is 24.7 Å². The molecule has 128 valence electrons. The summed E-state index contributed by atoms with van der Waals surface area (Å²) in [4.78, 5) is 17.1. The Kier molecular flexibility index (Phi) is 4.30. The zero-order chi connectivity index (χ0) is 17.1. The Labute approximate surface area is 145 Å². The van der Waals surface area contributed by atoms with Gasteiger partial charge in [-0.25, -0.2) is 4.79 Å². The molecule has 7 nitrogen and oxygen atoms in total. The minimum atomic E-state index is -0.211. The van der Waals surface area contributed by atoms with E-state index in [9.17, 15) is 4.79 Å². The van der Waals surface area contributed by atoms with Crippen LogP contribution in [0.5, 0.6) is 0 Å². The van der Waals surface area contributed by atoms with E-state index in [1.807, 2.05) is 36.4 Å². The zero-order valence-electron chi connectivity index (χ0n) is 13.9. The molecule has 0 radical (unpaired) electrons. The number of hydrogen-bond donors (Lipinski definition) is 0. The van der Waals surface area contributed by atoms with E-state index in [1.54, 1.807) is 0 Å². The van der Waals surface area contributed by atoms with Gasteiger partial charge in [0.15, 0.2) is 0 Å². The third-order valence-electron chi connectivity index (χ3n) is 4.47. The van der Waals surface area contributed by atoms with E-state index in [-0.39, 0.29) is 5.69 Å². The molecule has 0 aliphatic carbocycles. The van der Waals surface area contributed by atoms with E-state index in [1.165, 1.54) is 15.1 Å². The number of benzene rings is 2. The van der Waals surface area contributed by atoms with Gasteiger partial charge in [0.2, 0.25) is 0 Å². The Morgan fingerprint density at radius 1 is 0.760 bits per heavy atom. The van der Waals surface area contributed by atoms with Crippen LogP contribution in [0, 0.1) is 0 Å². The second-order valence-electron chi connectivity index (χ2n) is 6.09. The number of anilines is 1. The van der Waals surface area contributed by atoms with Crippen molar-refractivity contribution in [2.45, 2.75) is 6.67 Å². The Balaban J connectivity index is 1.41. The third kappa shape index (κ3) is 3.32. The summed E-state index contributed by atoms with van der Waals surface area (Å²) < 4.78 is 2.76. The quantitative estimate of drug-likeness (QED) is 0.717. The fourth-order valence-corrected chi connectivity index (χ4v) is 3.07. The van der Waals surface area contributed by atoms with Crippen LogP contribution in [0.2, 0.25) is 0 Å². The molecule has 0 amide bonds. The van der Waals surface area contributed by atoms with Crippen LogP contribution in [0.4, 0.5) is 5.69 Å². The number of tetrazole rings is 1. The highest BCUT2D eigenvalue weighted by molar-refractivity contribution is 5.46. The smallest absolute Gasteiger partial charge is 0.369 e. The lowest BCUT2D eigenvalue weighted by atomic mass is 10.2. The molecule has 7 heteroatoms. The fraction of sp³-hybridized carbons (Fsp3) is 0.278. The lowest BCUT2D eigenvalue weighted by molar-refractivity contribution is 0.191. The molecule has 3 aromatic rings. The van der Waals surface area contributed by atoms with E-state index >= 15 is 0 Å². The topological polar surface area (TPSA) is 59.2 Å². The predicted molar refractivity (Wildman–Crippen MR) is 95.8 cm³/mol. The van der Waals surface area contributed by atoms with Gasteiger partial charge in [-0.2, -0.15) is 9.36 Å². The number of para-hydroxylation sites is 2. The van der Waals surface area contributed by atoms with Crippen LogP contribution < -0.4 is 10.6 Å². The molecular weight excluding hydrogens is 316 g/mol. The average Bonchev–Trinajstić information content (AvgIpc) is 3.04. The molecule has 0 saturated carbocycles. The second-order valence-corrected chi connectivity index (χ2v) is 6.09. The van der Waals surface area contributed by atoms with Crippen LogP contribution in [0.3, 0.4) is 0 Å². The van der Waals surface area contributed by atoms with Crippen LogP contribution in [0.25, 0.3) is 5.69 Å². The monoisotopic (exact) mass is 336 g/mol. The summed E-state index contributed by atoms with van der Waals surface area (Å²) in [6.45, 7) is 4.12. The maximum Gasteiger partial charge on any atom is 0.369 e. The molecule has 1 saturated heterocycles. The van der Waals surface area contributed by atoms with Crippen molar-refractivity contribution in [3.63, 3.8) is 0 Å². The molecule has 1 fully saturated rings. The van der Waals surface area contributed by atoms with Gasteiger partial charge >= 0.3 is 5.69 Å². The van der Waals surface area contributed by atoms with E-state index < -0.39 is 0 Å². The highest BCUT2D eigenvalue weighted by Crippen LogP contribution is 2.15. The van der Waals surface area contributed by atoms with Gasteiger partial charge in [0.25, 0.3) is 0 Å². The number of nitrogens with zero attached hydrogens (tertiary/aromatic N) is 6. The first-order valence-corrected chi connectivity index (χ1v) is 8.42. The summed E-state index contributed by atoms with van der Waals surface area (Å²) in [6.07, 6.45) is 0.